The summed E-state index contributed by atoms with van der Waals surface area (Å²) in [5.74, 6) is 0. The van der Waals surface area contributed by atoms with E-state index in [1.807, 2.05) is 0 Å². The van der Waals surface area contributed by atoms with Crippen LogP contribution in [0.2, 0.25) is 13.3 Å². The Morgan fingerprint density at radius 2 is 0.667 bits per heavy atom. The standard InChI is InChI=1S/3C8H17.C4H9O.Sn/c3*1-3-5-7-8-6-4-2;1-2-3-4-5;/h3*1,3-8H2,2H3;2-4H2,1H3;/q;;;-1;+1. The summed E-state index contributed by atoms with van der Waals surface area (Å²) in [6.45, 7) is 10.4. The fraction of sp³-hybridized carbons (Fsp3) is 1.00. The first-order valence-electron chi connectivity index (χ1n) is 14.4. The van der Waals surface area contributed by atoms with E-state index in [1.54, 1.807) is 0 Å². The molecule has 0 spiro atoms. The second-order valence-corrected chi connectivity index (χ2v) is 21.8. The Hall–Kier alpha value is 0.759. The summed E-state index contributed by atoms with van der Waals surface area (Å²) in [5.41, 5.74) is 0. The molecule has 0 radical (unpaired) electrons. The molecule has 0 bridgehead atoms. The van der Waals surface area contributed by atoms with Crippen LogP contribution in [0.3, 0.4) is 0 Å². The molecule has 0 amide bonds. The molecule has 0 rings (SSSR count). The number of hydrogen-bond donors (Lipinski definition) is 0. The van der Waals surface area contributed by atoms with Crippen LogP contribution in [0.15, 0.2) is 0 Å². The Labute approximate surface area is 197 Å². The average molecular weight is 531 g/mol. The van der Waals surface area contributed by atoms with E-state index in [0.29, 0.717) is 0 Å². The fourth-order valence-electron chi connectivity index (χ4n) is 4.71. The molecule has 182 valence electrons. The van der Waals surface area contributed by atoms with Gasteiger partial charge in [0, 0.05) is 0 Å². The van der Waals surface area contributed by atoms with E-state index in [2.05, 4.69) is 27.7 Å². The van der Waals surface area contributed by atoms with Gasteiger partial charge < -0.3 is 0 Å². The third kappa shape index (κ3) is 19.4. The quantitative estimate of drug-likeness (QED) is 0.0841. The van der Waals surface area contributed by atoms with E-state index in [0.717, 1.165) is 6.61 Å². The monoisotopic (exact) mass is 532 g/mol. The van der Waals surface area contributed by atoms with Gasteiger partial charge in [-0.05, 0) is 0 Å². The maximum atomic E-state index is 6.96. The van der Waals surface area contributed by atoms with Gasteiger partial charge in [0.15, 0.2) is 0 Å². The van der Waals surface area contributed by atoms with Gasteiger partial charge in [0.1, 0.15) is 0 Å². The van der Waals surface area contributed by atoms with E-state index in [9.17, 15) is 0 Å². The Bertz CT molecular complexity index is 277. The topological polar surface area (TPSA) is 9.23 Å². The van der Waals surface area contributed by atoms with Crippen molar-refractivity contribution < 1.29 is 3.07 Å². The molecular formula is C28H60OSn. The van der Waals surface area contributed by atoms with Crippen molar-refractivity contribution in [1.29, 1.82) is 0 Å². The summed E-state index contributed by atoms with van der Waals surface area (Å²) in [4.78, 5) is 0. The molecular weight excluding hydrogens is 471 g/mol. The summed E-state index contributed by atoms with van der Waals surface area (Å²) < 4.78 is 11.5. The number of rotatable bonds is 25. The first-order chi connectivity index (χ1) is 14.7. The molecule has 0 saturated carbocycles. The van der Waals surface area contributed by atoms with E-state index in [1.165, 1.54) is 142 Å². The summed E-state index contributed by atoms with van der Waals surface area (Å²) in [7, 11) is 0. The first-order valence-corrected chi connectivity index (χ1v) is 21.6. The van der Waals surface area contributed by atoms with Crippen molar-refractivity contribution in [3.05, 3.63) is 0 Å². The number of unbranched alkanes of at least 4 members (excludes halogenated alkanes) is 16. The second-order valence-electron chi connectivity index (χ2n) is 9.94. The zero-order valence-electron chi connectivity index (χ0n) is 21.9. The minimum absolute atomic E-state index is 1.08. The van der Waals surface area contributed by atoms with Crippen molar-refractivity contribution >= 4 is 18.8 Å². The molecule has 0 saturated heterocycles. The zero-order valence-corrected chi connectivity index (χ0v) is 24.7. The van der Waals surface area contributed by atoms with Crippen LogP contribution < -0.4 is 0 Å². The van der Waals surface area contributed by atoms with Crippen molar-refractivity contribution in [2.75, 3.05) is 6.61 Å². The van der Waals surface area contributed by atoms with Crippen molar-refractivity contribution in [1.82, 2.24) is 0 Å². The maximum absolute atomic E-state index is 6.96. The van der Waals surface area contributed by atoms with Gasteiger partial charge in [0.25, 0.3) is 0 Å². The predicted molar refractivity (Wildman–Crippen MR) is 141 cm³/mol. The average Bonchev–Trinajstić information content (AvgIpc) is 2.75. The van der Waals surface area contributed by atoms with Crippen LogP contribution in [0.4, 0.5) is 0 Å². The molecule has 0 atom stereocenters. The molecule has 0 unspecified atom stereocenters. The molecule has 0 fully saturated rings. The molecule has 0 aliphatic carbocycles. The van der Waals surface area contributed by atoms with Crippen molar-refractivity contribution in [2.24, 2.45) is 0 Å². The molecule has 0 heterocycles. The second kappa shape index (κ2) is 24.4. The van der Waals surface area contributed by atoms with Crippen LogP contribution in [0.1, 0.15) is 156 Å². The van der Waals surface area contributed by atoms with E-state index in [4.69, 9.17) is 3.07 Å². The normalized spacial score (nSPS) is 12.0. The fourth-order valence-corrected chi connectivity index (χ4v) is 17.4. The van der Waals surface area contributed by atoms with Crippen LogP contribution in [-0.2, 0) is 3.07 Å². The molecule has 0 aromatic carbocycles. The van der Waals surface area contributed by atoms with Crippen LogP contribution in [-0.4, -0.2) is 25.4 Å². The van der Waals surface area contributed by atoms with Crippen LogP contribution in [0, 0.1) is 0 Å². The molecule has 2 heteroatoms. The molecule has 0 aliphatic heterocycles. The zero-order chi connectivity index (χ0) is 22.2. The molecule has 1 nitrogen and oxygen atoms in total. The van der Waals surface area contributed by atoms with Gasteiger partial charge in [-0.1, -0.05) is 0 Å². The summed E-state index contributed by atoms with van der Waals surface area (Å²) in [5, 5.41) is 0. The number of hydrogen-bond acceptors (Lipinski definition) is 1. The van der Waals surface area contributed by atoms with E-state index >= 15 is 0 Å². The first kappa shape index (κ1) is 30.8. The van der Waals surface area contributed by atoms with E-state index < -0.39 is 18.8 Å². The van der Waals surface area contributed by atoms with Gasteiger partial charge in [0.05, 0.1) is 0 Å². The summed E-state index contributed by atoms with van der Waals surface area (Å²) >= 11 is -2.42. The van der Waals surface area contributed by atoms with Crippen molar-refractivity contribution in [3.8, 4) is 0 Å². The van der Waals surface area contributed by atoms with Gasteiger partial charge >= 0.3 is 198 Å². The van der Waals surface area contributed by atoms with Gasteiger partial charge in [-0.25, -0.2) is 0 Å². The minimum atomic E-state index is -2.42. The Balaban J connectivity index is 4.61. The Morgan fingerprint density at radius 1 is 0.367 bits per heavy atom. The third-order valence-corrected chi connectivity index (χ3v) is 20.0. The predicted octanol–water partition coefficient (Wildman–Crippen LogP) is 10.8. The molecule has 0 aromatic heterocycles. The van der Waals surface area contributed by atoms with Gasteiger partial charge in [0.2, 0.25) is 0 Å². The molecule has 0 aromatic rings. The molecule has 30 heavy (non-hydrogen) atoms. The van der Waals surface area contributed by atoms with E-state index in [-0.39, 0.29) is 0 Å². The Kier molecular flexibility index (Phi) is 25.0. The summed E-state index contributed by atoms with van der Waals surface area (Å²) in [6.07, 6.45) is 28.4. The molecule has 0 N–H and O–H groups in total. The Morgan fingerprint density at radius 3 is 1.00 bits per heavy atom. The van der Waals surface area contributed by atoms with Crippen molar-refractivity contribution in [2.45, 2.75) is 169 Å². The SMILES string of the molecule is CCCCCCC[CH2][Sn]([CH2]CCCCCCC)([CH2]CCCCCCC)[O]CCCC. The van der Waals surface area contributed by atoms with Gasteiger partial charge in [-0.2, -0.15) is 0 Å². The van der Waals surface area contributed by atoms with Gasteiger partial charge in [-0.3, -0.25) is 0 Å². The van der Waals surface area contributed by atoms with Crippen LogP contribution >= 0.6 is 0 Å². The van der Waals surface area contributed by atoms with Crippen molar-refractivity contribution in [3.63, 3.8) is 0 Å². The van der Waals surface area contributed by atoms with Crippen LogP contribution in [0.5, 0.6) is 0 Å². The third-order valence-electron chi connectivity index (χ3n) is 6.86. The van der Waals surface area contributed by atoms with Crippen LogP contribution in [0.25, 0.3) is 0 Å². The molecule has 0 aliphatic rings. The summed E-state index contributed by atoms with van der Waals surface area (Å²) in [6, 6.07) is 0. The van der Waals surface area contributed by atoms with Gasteiger partial charge in [-0.15, -0.1) is 0 Å².